The Kier molecular flexibility index (Phi) is 3.14. The summed E-state index contributed by atoms with van der Waals surface area (Å²) < 4.78 is 13.3. The van der Waals surface area contributed by atoms with Gasteiger partial charge in [-0.15, -0.1) is 0 Å². The van der Waals surface area contributed by atoms with E-state index in [0.29, 0.717) is 18.8 Å². The number of amides is 1. The van der Waals surface area contributed by atoms with E-state index in [1.165, 1.54) is 12.1 Å². The second kappa shape index (κ2) is 4.59. The van der Waals surface area contributed by atoms with Gasteiger partial charge in [-0.2, -0.15) is 0 Å². The Hall–Kier alpha value is -2.18. The van der Waals surface area contributed by atoms with Crippen LogP contribution in [0.3, 0.4) is 0 Å². The second-order valence-corrected chi connectivity index (χ2v) is 4.09. The number of anilines is 1. The van der Waals surface area contributed by atoms with Gasteiger partial charge in [0.05, 0.1) is 11.0 Å². The highest BCUT2D eigenvalue weighted by Gasteiger charge is 2.27. The molecule has 18 heavy (non-hydrogen) atoms. The molecule has 1 aromatic carbocycles. The topological polar surface area (TPSA) is 75.5 Å². The van der Waals surface area contributed by atoms with Crippen LogP contribution >= 0.6 is 0 Å². The van der Waals surface area contributed by atoms with E-state index in [9.17, 15) is 19.3 Å². The molecule has 1 saturated heterocycles. The van der Waals surface area contributed by atoms with Gasteiger partial charge < -0.3 is 10.2 Å². The Morgan fingerprint density at radius 3 is 2.89 bits per heavy atom. The van der Waals surface area contributed by atoms with Gasteiger partial charge >= 0.3 is 0 Å². The number of nitrogens with one attached hydrogen (secondary N) is 1. The Balaban J connectivity index is 2.38. The molecule has 96 valence electrons. The number of benzene rings is 1. The van der Waals surface area contributed by atoms with Crippen molar-refractivity contribution in [3.63, 3.8) is 0 Å². The van der Waals surface area contributed by atoms with Gasteiger partial charge in [-0.1, -0.05) is 0 Å². The SMILES string of the molecule is CC1C(=O)NCCN1c1cc(F)cc([N+](=O)[O-])c1. The van der Waals surface area contributed by atoms with Crippen LogP contribution in [0.25, 0.3) is 0 Å². The number of carbonyl (C=O) groups excluding carboxylic acids is 1. The van der Waals surface area contributed by atoms with E-state index in [0.717, 1.165) is 6.07 Å². The molecular formula is C11H12FN3O3. The second-order valence-electron chi connectivity index (χ2n) is 4.09. The molecule has 1 heterocycles. The van der Waals surface area contributed by atoms with Crippen molar-refractivity contribution in [2.24, 2.45) is 0 Å². The van der Waals surface area contributed by atoms with Crippen molar-refractivity contribution in [3.8, 4) is 0 Å². The highest BCUT2D eigenvalue weighted by Crippen LogP contribution is 2.25. The Morgan fingerprint density at radius 1 is 1.50 bits per heavy atom. The molecule has 0 radical (unpaired) electrons. The number of nitro groups is 1. The minimum Gasteiger partial charge on any atom is -0.358 e. The first-order valence-electron chi connectivity index (χ1n) is 5.48. The summed E-state index contributed by atoms with van der Waals surface area (Å²) in [5.41, 5.74) is 0.0345. The first kappa shape index (κ1) is 12.3. The molecule has 1 N–H and O–H groups in total. The maximum absolute atomic E-state index is 13.3. The molecule has 0 aromatic heterocycles. The molecule has 1 aliphatic heterocycles. The predicted molar refractivity (Wildman–Crippen MR) is 62.9 cm³/mol. The van der Waals surface area contributed by atoms with E-state index in [1.54, 1.807) is 11.8 Å². The van der Waals surface area contributed by atoms with Crippen LogP contribution < -0.4 is 10.2 Å². The summed E-state index contributed by atoms with van der Waals surface area (Å²) in [7, 11) is 0. The molecule has 1 atom stereocenters. The Morgan fingerprint density at radius 2 is 2.22 bits per heavy atom. The minimum atomic E-state index is -0.683. The van der Waals surface area contributed by atoms with E-state index in [2.05, 4.69) is 5.32 Å². The van der Waals surface area contributed by atoms with Crippen LogP contribution in [0.4, 0.5) is 15.8 Å². The van der Waals surface area contributed by atoms with Gasteiger partial charge in [0.2, 0.25) is 5.91 Å². The number of hydrogen-bond donors (Lipinski definition) is 1. The summed E-state index contributed by atoms with van der Waals surface area (Å²) >= 11 is 0. The number of rotatable bonds is 2. The number of carbonyl (C=O) groups is 1. The average Bonchev–Trinajstić information content (AvgIpc) is 2.31. The maximum Gasteiger partial charge on any atom is 0.274 e. The molecule has 1 unspecified atom stereocenters. The van der Waals surface area contributed by atoms with E-state index in [1.807, 2.05) is 0 Å². The van der Waals surface area contributed by atoms with Gasteiger partial charge in [0.15, 0.2) is 0 Å². The van der Waals surface area contributed by atoms with Gasteiger partial charge in [-0.25, -0.2) is 4.39 Å². The lowest BCUT2D eigenvalue weighted by molar-refractivity contribution is -0.385. The third-order valence-electron chi connectivity index (χ3n) is 2.91. The van der Waals surface area contributed by atoms with Crippen LogP contribution in [0.2, 0.25) is 0 Å². The Labute approximate surface area is 103 Å². The molecule has 0 saturated carbocycles. The highest BCUT2D eigenvalue weighted by atomic mass is 19.1. The largest absolute Gasteiger partial charge is 0.358 e. The Bertz CT molecular complexity index is 506. The van der Waals surface area contributed by atoms with Gasteiger partial charge in [-0.05, 0) is 13.0 Å². The molecule has 1 aliphatic rings. The molecule has 1 amide bonds. The molecule has 0 spiro atoms. The number of nitro benzene ring substituents is 1. The first-order valence-corrected chi connectivity index (χ1v) is 5.48. The fraction of sp³-hybridized carbons (Fsp3) is 0.364. The van der Waals surface area contributed by atoms with Crippen molar-refractivity contribution in [1.82, 2.24) is 5.32 Å². The van der Waals surface area contributed by atoms with Crippen LogP contribution in [0, 0.1) is 15.9 Å². The van der Waals surface area contributed by atoms with Gasteiger partial charge in [0, 0.05) is 24.8 Å². The summed E-state index contributed by atoms with van der Waals surface area (Å²) in [6, 6.07) is 2.86. The molecule has 0 aliphatic carbocycles. The monoisotopic (exact) mass is 253 g/mol. The highest BCUT2D eigenvalue weighted by molar-refractivity contribution is 5.86. The fourth-order valence-electron chi connectivity index (χ4n) is 1.97. The normalized spacial score (nSPS) is 19.6. The molecule has 7 heteroatoms. The van der Waals surface area contributed by atoms with E-state index in [-0.39, 0.29) is 11.6 Å². The molecule has 2 rings (SSSR count). The molecule has 6 nitrogen and oxygen atoms in total. The number of halogens is 1. The zero-order chi connectivity index (χ0) is 13.3. The quantitative estimate of drug-likeness (QED) is 0.631. The lowest BCUT2D eigenvalue weighted by Gasteiger charge is -2.34. The maximum atomic E-state index is 13.3. The lowest BCUT2D eigenvalue weighted by atomic mass is 10.1. The van der Waals surface area contributed by atoms with Crippen molar-refractivity contribution in [3.05, 3.63) is 34.1 Å². The molecular weight excluding hydrogens is 241 g/mol. The minimum absolute atomic E-state index is 0.173. The lowest BCUT2D eigenvalue weighted by Crippen LogP contribution is -2.54. The molecule has 1 aromatic rings. The van der Waals surface area contributed by atoms with Crippen molar-refractivity contribution in [2.45, 2.75) is 13.0 Å². The van der Waals surface area contributed by atoms with Crippen LogP contribution in [0.5, 0.6) is 0 Å². The van der Waals surface area contributed by atoms with Gasteiger partial charge in [-0.3, -0.25) is 14.9 Å². The third-order valence-corrected chi connectivity index (χ3v) is 2.91. The van der Waals surface area contributed by atoms with Crippen LogP contribution in [0.1, 0.15) is 6.92 Å². The summed E-state index contributed by atoms with van der Waals surface area (Å²) in [5, 5.41) is 13.4. The van der Waals surface area contributed by atoms with Crippen molar-refractivity contribution < 1.29 is 14.1 Å². The predicted octanol–water partition coefficient (Wildman–Crippen LogP) is 1.06. The number of hydrogen-bond acceptors (Lipinski definition) is 4. The smallest absolute Gasteiger partial charge is 0.274 e. The molecule has 0 bridgehead atoms. The number of non-ortho nitro benzene ring substituents is 1. The number of piperazine rings is 1. The van der Waals surface area contributed by atoms with Crippen molar-refractivity contribution >= 4 is 17.3 Å². The summed E-state index contributed by atoms with van der Waals surface area (Å²) in [6.07, 6.45) is 0. The summed E-state index contributed by atoms with van der Waals surface area (Å²) in [5.74, 6) is -0.856. The van der Waals surface area contributed by atoms with E-state index in [4.69, 9.17) is 0 Å². The first-order chi connectivity index (χ1) is 8.49. The van der Waals surface area contributed by atoms with Crippen LogP contribution in [0.15, 0.2) is 18.2 Å². The standard InChI is InChI=1S/C11H12FN3O3/c1-7-11(16)13-2-3-14(7)9-4-8(12)5-10(6-9)15(17)18/h4-7H,2-3H2,1H3,(H,13,16). The summed E-state index contributed by atoms with van der Waals surface area (Å²) in [6.45, 7) is 2.60. The van der Waals surface area contributed by atoms with Gasteiger partial charge in [0.25, 0.3) is 5.69 Å². The summed E-state index contributed by atoms with van der Waals surface area (Å²) in [4.78, 5) is 23.2. The third kappa shape index (κ3) is 2.24. The zero-order valence-electron chi connectivity index (χ0n) is 9.72. The van der Waals surface area contributed by atoms with Crippen molar-refractivity contribution in [2.75, 3.05) is 18.0 Å². The van der Waals surface area contributed by atoms with Crippen LogP contribution in [-0.2, 0) is 4.79 Å². The van der Waals surface area contributed by atoms with E-state index >= 15 is 0 Å². The number of nitrogens with zero attached hydrogens (tertiary/aromatic N) is 2. The zero-order valence-corrected chi connectivity index (χ0v) is 9.72. The van der Waals surface area contributed by atoms with Crippen LogP contribution in [-0.4, -0.2) is 30.0 Å². The molecule has 1 fully saturated rings. The average molecular weight is 253 g/mol. The fourth-order valence-corrected chi connectivity index (χ4v) is 1.97. The van der Waals surface area contributed by atoms with Crippen molar-refractivity contribution in [1.29, 1.82) is 0 Å². The van der Waals surface area contributed by atoms with Gasteiger partial charge in [0.1, 0.15) is 11.9 Å². The van der Waals surface area contributed by atoms with E-state index < -0.39 is 16.8 Å².